The first-order valence-electron chi connectivity index (χ1n) is 7.52. The Labute approximate surface area is 131 Å². The highest BCUT2D eigenvalue weighted by Crippen LogP contribution is 2.34. The van der Waals surface area contributed by atoms with E-state index in [0.29, 0.717) is 25.3 Å². The van der Waals surface area contributed by atoms with E-state index in [1.165, 1.54) is 6.07 Å². The van der Waals surface area contributed by atoms with Gasteiger partial charge in [0.2, 0.25) is 5.91 Å². The van der Waals surface area contributed by atoms with Gasteiger partial charge in [-0.15, -0.1) is 0 Å². The molecule has 1 saturated heterocycles. The van der Waals surface area contributed by atoms with E-state index in [9.17, 15) is 9.18 Å². The number of hydrogen-bond donors (Lipinski definition) is 0. The molecule has 22 heavy (non-hydrogen) atoms. The summed E-state index contributed by atoms with van der Waals surface area (Å²) in [5.74, 6) is -0.245. The molecule has 0 unspecified atom stereocenters. The van der Waals surface area contributed by atoms with Crippen molar-refractivity contribution in [2.75, 3.05) is 34.4 Å². The molecule has 1 amide bonds. The van der Waals surface area contributed by atoms with Crippen LogP contribution in [0.5, 0.6) is 0 Å². The van der Waals surface area contributed by atoms with Gasteiger partial charge < -0.3 is 9.64 Å². The molecule has 1 atom stereocenters. The van der Waals surface area contributed by atoms with Gasteiger partial charge in [-0.05, 0) is 31.5 Å². The number of amides is 1. The molecule has 0 N–H and O–H groups in total. The van der Waals surface area contributed by atoms with E-state index < -0.39 is 0 Å². The summed E-state index contributed by atoms with van der Waals surface area (Å²) in [7, 11) is 5.14. The summed E-state index contributed by atoms with van der Waals surface area (Å²) in [6, 6.07) is 3.00. The van der Waals surface area contributed by atoms with Gasteiger partial charge in [-0.1, -0.05) is 0 Å². The molecule has 1 aromatic heterocycles. The SMILES string of the molecule is COC[C@@]1(CC(=O)N(C)C)CCCN1Cc1ncccc1F. The fraction of sp³-hybridized carbons (Fsp3) is 0.625. The van der Waals surface area contributed by atoms with Crippen molar-refractivity contribution in [1.29, 1.82) is 0 Å². The Morgan fingerprint density at radius 3 is 2.95 bits per heavy atom. The zero-order valence-corrected chi connectivity index (χ0v) is 13.5. The summed E-state index contributed by atoms with van der Waals surface area (Å²) in [4.78, 5) is 20.1. The minimum atomic E-state index is -0.375. The molecule has 1 aliphatic heterocycles. The predicted molar refractivity (Wildman–Crippen MR) is 81.8 cm³/mol. The van der Waals surface area contributed by atoms with Gasteiger partial charge in [0.25, 0.3) is 0 Å². The first-order valence-corrected chi connectivity index (χ1v) is 7.52. The molecule has 1 aliphatic rings. The van der Waals surface area contributed by atoms with Crippen LogP contribution in [0.2, 0.25) is 0 Å². The number of halogens is 1. The summed E-state index contributed by atoms with van der Waals surface area (Å²) < 4.78 is 19.3. The monoisotopic (exact) mass is 309 g/mol. The molecule has 1 fully saturated rings. The molecule has 0 saturated carbocycles. The van der Waals surface area contributed by atoms with Crippen molar-refractivity contribution < 1.29 is 13.9 Å². The topological polar surface area (TPSA) is 45.7 Å². The molecule has 0 radical (unpaired) electrons. The van der Waals surface area contributed by atoms with Crippen LogP contribution in [0.15, 0.2) is 18.3 Å². The maximum atomic E-state index is 13.9. The smallest absolute Gasteiger partial charge is 0.224 e. The first-order chi connectivity index (χ1) is 10.5. The number of rotatable bonds is 6. The van der Waals surface area contributed by atoms with Crippen molar-refractivity contribution in [2.45, 2.75) is 31.3 Å². The lowest BCUT2D eigenvalue weighted by Gasteiger charge is -2.38. The van der Waals surface area contributed by atoms with Crippen LogP contribution >= 0.6 is 0 Å². The number of aromatic nitrogens is 1. The van der Waals surface area contributed by atoms with Crippen LogP contribution < -0.4 is 0 Å². The molecule has 0 aromatic carbocycles. The molecular formula is C16H24FN3O2. The van der Waals surface area contributed by atoms with E-state index in [1.807, 2.05) is 0 Å². The van der Waals surface area contributed by atoms with E-state index in [1.54, 1.807) is 38.4 Å². The average molecular weight is 309 g/mol. The average Bonchev–Trinajstić information content (AvgIpc) is 2.84. The third kappa shape index (κ3) is 3.62. The molecule has 1 aromatic rings. The lowest BCUT2D eigenvalue weighted by molar-refractivity contribution is -0.132. The molecule has 6 heteroatoms. The Morgan fingerprint density at radius 2 is 2.32 bits per heavy atom. The highest BCUT2D eigenvalue weighted by Gasteiger charge is 2.43. The maximum absolute atomic E-state index is 13.9. The molecule has 2 heterocycles. The van der Waals surface area contributed by atoms with Gasteiger partial charge in [0.1, 0.15) is 5.82 Å². The zero-order chi connectivity index (χ0) is 16.2. The predicted octanol–water partition coefficient (Wildman–Crippen LogP) is 1.68. The number of nitrogens with zero attached hydrogens (tertiary/aromatic N) is 3. The second-order valence-corrected chi connectivity index (χ2v) is 6.08. The lowest BCUT2D eigenvalue weighted by atomic mass is 9.92. The maximum Gasteiger partial charge on any atom is 0.224 e. The van der Waals surface area contributed by atoms with Gasteiger partial charge >= 0.3 is 0 Å². The Balaban J connectivity index is 2.20. The summed E-state index contributed by atoms with van der Waals surface area (Å²) in [6.07, 6.45) is 3.81. The highest BCUT2D eigenvalue weighted by molar-refractivity contribution is 5.77. The van der Waals surface area contributed by atoms with Gasteiger partial charge in [0, 0.05) is 40.4 Å². The fourth-order valence-corrected chi connectivity index (χ4v) is 3.08. The van der Waals surface area contributed by atoms with Gasteiger partial charge in [0.15, 0.2) is 0 Å². The Hall–Kier alpha value is -1.53. The van der Waals surface area contributed by atoms with Gasteiger partial charge in [-0.3, -0.25) is 14.7 Å². The van der Waals surface area contributed by atoms with Crippen molar-refractivity contribution in [2.24, 2.45) is 0 Å². The fourth-order valence-electron chi connectivity index (χ4n) is 3.08. The van der Waals surface area contributed by atoms with Gasteiger partial charge in [-0.25, -0.2) is 4.39 Å². The highest BCUT2D eigenvalue weighted by atomic mass is 19.1. The zero-order valence-electron chi connectivity index (χ0n) is 13.5. The second-order valence-electron chi connectivity index (χ2n) is 6.08. The summed E-state index contributed by atoms with van der Waals surface area (Å²) in [5, 5.41) is 0. The normalized spacial score (nSPS) is 22.0. The van der Waals surface area contributed by atoms with Crippen molar-refractivity contribution >= 4 is 5.91 Å². The second kappa shape index (κ2) is 7.15. The number of carbonyl (C=O) groups excluding carboxylic acids is 1. The van der Waals surface area contributed by atoms with E-state index in [-0.39, 0.29) is 17.3 Å². The summed E-state index contributed by atoms with van der Waals surface area (Å²) in [6.45, 7) is 1.68. The molecule has 5 nitrogen and oxygen atoms in total. The van der Waals surface area contributed by atoms with Crippen molar-refractivity contribution in [1.82, 2.24) is 14.8 Å². The lowest BCUT2D eigenvalue weighted by Crippen LogP contribution is -2.50. The van der Waals surface area contributed by atoms with Crippen LogP contribution in [-0.2, 0) is 16.1 Å². The molecule has 0 aliphatic carbocycles. The third-order valence-electron chi connectivity index (χ3n) is 4.31. The van der Waals surface area contributed by atoms with Crippen LogP contribution in [0.3, 0.4) is 0 Å². The molecular weight excluding hydrogens is 285 g/mol. The van der Waals surface area contributed by atoms with Crippen molar-refractivity contribution in [3.05, 3.63) is 29.8 Å². The van der Waals surface area contributed by atoms with E-state index >= 15 is 0 Å². The Bertz CT molecular complexity index is 524. The van der Waals surface area contributed by atoms with Crippen molar-refractivity contribution in [3.63, 3.8) is 0 Å². The van der Waals surface area contributed by atoms with Gasteiger partial charge in [-0.2, -0.15) is 0 Å². The van der Waals surface area contributed by atoms with E-state index in [2.05, 4.69) is 9.88 Å². The standard InChI is InChI=1S/C16H24FN3O2/c1-19(2)15(21)10-16(12-22-3)7-5-9-20(16)11-14-13(17)6-4-8-18-14/h4,6,8H,5,7,9-12H2,1-3H3/t16-/m0/s1. The Morgan fingerprint density at radius 1 is 1.55 bits per heavy atom. The quantitative estimate of drug-likeness (QED) is 0.802. The number of carbonyl (C=O) groups is 1. The van der Waals surface area contributed by atoms with Crippen molar-refractivity contribution in [3.8, 4) is 0 Å². The van der Waals surface area contributed by atoms with Crippen LogP contribution in [0.4, 0.5) is 4.39 Å². The minimum Gasteiger partial charge on any atom is -0.383 e. The largest absolute Gasteiger partial charge is 0.383 e. The number of methoxy groups -OCH3 is 1. The summed E-state index contributed by atoms with van der Waals surface area (Å²) >= 11 is 0. The number of pyridine rings is 1. The Kier molecular flexibility index (Phi) is 5.47. The molecule has 0 bridgehead atoms. The summed E-state index contributed by atoms with van der Waals surface area (Å²) in [5.41, 5.74) is 0.0437. The van der Waals surface area contributed by atoms with E-state index in [4.69, 9.17) is 4.74 Å². The number of ether oxygens (including phenoxy) is 1. The van der Waals surface area contributed by atoms with Gasteiger partial charge in [0.05, 0.1) is 17.8 Å². The molecule has 2 rings (SSSR count). The van der Waals surface area contributed by atoms with Crippen LogP contribution in [0.25, 0.3) is 0 Å². The third-order valence-corrected chi connectivity index (χ3v) is 4.31. The van der Waals surface area contributed by atoms with E-state index in [0.717, 1.165) is 19.4 Å². The van der Waals surface area contributed by atoms with Crippen LogP contribution in [-0.4, -0.2) is 60.6 Å². The minimum absolute atomic E-state index is 0.0606. The number of hydrogen-bond acceptors (Lipinski definition) is 4. The first kappa shape index (κ1) is 16.8. The van der Waals surface area contributed by atoms with Crippen LogP contribution in [0.1, 0.15) is 25.0 Å². The molecule has 122 valence electrons. The number of likely N-dealkylation sites (tertiary alicyclic amines) is 1. The molecule has 0 spiro atoms. The van der Waals surface area contributed by atoms with Crippen LogP contribution in [0, 0.1) is 5.82 Å².